The molecule has 2 aromatic carbocycles. The third kappa shape index (κ3) is 5.87. The fraction of sp³-hybridized carbons (Fsp3) is 0.300. The zero-order valence-electron chi connectivity index (χ0n) is 14.8. The third-order valence-electron chi connectivity index (χ3n) is 3.58. The van der Waals surface area contributed by atoms with Crippen molar-refractivity contribution in [3.05, 3.63) is 65.7 Å². The number of carbonyl (C=O) groups is 1. The van der Waals surface area contributed by atoms with E-state index in [4.69, 9.17) is 17.0 Å². The van der Waals surface area contributed by atoms with Crippen LogP contribution in [0, 0.1) is 5.92 Å². The first kappa shape index (κ1) is 18.9. The maximum absolute atomic E-state index is 12.5. The molecule has 1 amide bonds. The van der Waals surface area contributed by atoms with Gasteiger partial charge in [0, 0.05) is 0 Å². The summed E-state index contributed by atoms with van der Waals surface area (Å²) in [4.78, 5) is 12.5. The van der Waals surface area contributed by atoms with Gasteiger partial charge < -0.3 is 10.1 Å². The summed E-state index contributed by atoms with van der Waals surface area (Å²) in [7, 11) is 0. The summed E-state index contributed by atoms with van der Waals surface area (Å²) in [6, 6.07) is 17.1. The first-order valence-electron chi connectivity index (χ1n) is 8.36. The number of rotatable bonds is 6. The molecule has 0 aliphatic heterocycles. The summed E-state index contributed by atoms with van der Waals surface area (Å²) in [5, 5.41) is 6.14. The van der Waals surface area contributed by atoms with Crippen LogP contribution in [0.5, 0.6) is 5.75 Å². The van der Waals surface area contributed by atoms with Crippen LogP contribution in [0.1, 0.15) is 42.7 Å². The Balaban J connectivity index is 1.98. The molecule has 0 bridgehead atoms. The van der Waals surface area contributed by atoms with Crippen LogP contribution in [0.2, 0.25) is 0 Å². The molecule has 0 aromatic heterocycles. The van der Waals surface area contributed by atoms with E-state index in [1.165, 1.54) is 0 Å². The Kier molecular flexibility index (Phi) is 6.95. The molecule has 1 unspecified atom stereocenters. The third-order valence-corrected chi connectivity index (χ3v) is 3.80. The molecule has 132 valence electrons. The van der Waals surface area contributed by atoms with Crippen molar-refractivity contribution in [2.75, 3.05) is 6.61 Å². The molecule has 25 heavy (non-hydrogen) atoms. The van der Waals surface area contributed by atoms with E-state index in [0.717, 1.165) is 5.56 Å². The van der Waals surface area contributed by atoms with Crippen molar-refractivity contribution < 1.29 is 9.53 Å². The SMILES string of the molecule is CC(C)COc1ccccc1C(=O)NC(=S)NC(C)c1ccccc1. The molecule has 2 rings (SSSR count). The van der Waals surface area contributed by atoms with Crippen LogP contribution >= 0.6 is 12.2 Å². The predicted octanol–water partition coefficient (Wildman–Crippen LogP) is 4.09. The topological polar surface area (TPSA) is 50.4 Å². The highest BCUT2D eigenvalue weighted by atomic mass is 32.1. The summed E-state index contributed by atoms with van der Waals surface area (Å²) in [6.45, 7) is 6.67. The lowest BCUT2D eigenvalue weighted by Crippen LogP contribution is -2.40. The molecule has 0 saturated carbocycles. The van der Waals surface area contributed by atoms with E-state index in [0.29, 0.717) is 29.0 Å². The Labute approximate surface area is 154 Å². The minimum atomic E-state index is -0.280. The number of carbonyl (C=O) groups excluding carboxylic acids is 1. The minimum Gasteiger partial charge on any atom is -0.492 e. The highest BCUT2D eigenvalue weighted by Gasteiger charge is 2.15. The van der Waals surface area contributed by atoms with E-state index < -0.39 is 0 Å². The van der Waals surface area contributed by atoms with Gasteiger partial charge in [-0.15, -0.1) is 0 Å². The molecule has 0 saturated heterocycles. The summed E-state index contributed by atoms with van der Waals surface area (Å²) in [5.41, 5.74) is 1.57. The molecule has 0 radical (unpaired) electrons. The standard InChI is InChI=1S/C20H24N2O2S/c1-14(2)13-24-18-12-8-7-11-17(18)19(23)22-20(25)21-15(3)16-9-5-4-6-10-16/h4-12,14-15H,13H2,1-3H3,(H2,21,22,23,25). The second kappa shape index (κ2) is 9.18. The molecular formula is C20H24N2O2S. The molecule has 2 N–H and O–H groups in total. The van der Waals surface area contributed by atoms with Crippen molar-refractivity contribution in [3.63, 3.8) is 0 Å². The lowest BCUT2D eigenvalue weighted by molar-refractivity contribution is 0.0971. The summed E-state index contributed by atoms with van der Waals surface area (Å²) in [5.74, 6) is 0.662. The normalized spacial score (nSPS) is 11.7. The van der Waals surface area contributed by atoms with Gasteiger partial charge in [-0.25, -0.2) is 0 Å². The van der Waals surface area contributed by atoms with Gasteiger partial charge >= 0.3 is 0 Å². The van der Waals surface area contributed by atoms with Gasteiger partial charge in [-0.3, -0.25) is 10.1 Å². The molecule has 0 spiro atoms. The van der Waals surface area contributed by atoms with E-state index in [1.54, 1.807) is 18.2 Å². The van der Waals surface area contributed by atoms with Crippen LogP contribution in [0.4, 0.5) is 0 Å². The minimum absolute atomic E-state index is 0.00133. The van der Waals surface area contributed by atoms with Crippen molar-refractivity contribution >= 4 is 23.2 Å². The molecule has 2 aromatic rings. The quantitative estimate of drug-likeness (QED) is 0.766. The van der Waals surface area contributed by atoms with Crippen LogP contribution in [0.3, 0.4) is 0 Å². The Morgan fingerprint density at radius 1 is 1.04 bits per heavy atom. The second-order valence-corrected chi connectivity index (χ2v) is 6.67. The van der Waals surface area contributed by atoms with Crippen LogP contribution in [-0.4, -0.2) is 17.6 Å². The van der Waals surface area contributed by atoms with Crippen molar-refractivity contribution in [2.45, 2.75) is 26.8 Å². The highest BCUT2D eigenvalue weighted by molar-refractivity contribution is 7.80. The van der Waals surface area contributed by atoms with E-state index >= 15 is 0 Å². The number of ether oxygens (including phenoxy) is 1. The van der Waals surface area contributed by atoms with E-state index in [2.05, 4.69) is 24.5 Å². The Morgan fingerprint density at radius 3 is 2.36 bits per heavy atom. The van der Waals surface area contributed by atoms with E-state index in [-0.39, 0.29) is 11.9 Å². The largest absolute Gasteiger partial charge is 0.492 e. The lowest BCUT2D eigenvalue weighted by Gasteiger charge is -2.17. The molecule has 0 fully saturated rings. The first-order chi connectivity index (χ1) is 12.0. The Bertz CT molecular complexity index is 717. The Hall–Kier alpha value is -2.40. The average Bonchev–Trinajstić information content (AvgIpc) is 2.60. The molecule has 1 atom stereocenters. The van der Waals surface area contributed by atoms with Gasteiger partial charge in [0.2, 0.25) is 0 Å². The molecule has 0 heterocycles. The number of hydrogen-bond acceptors (Lipinski definition) is 3. The fourth-order valence-corrected chi connectivity index (χ4v) is 2.53. The van der Waals surface area contributed by atoms with Gasteiger partial charge in [0.1, 0.15) is 5.75 Å². The summed E-state index contributed by atoms with van der Waals surface area (Å²) < 4.78 is 5.73. The zero-order valence-corrected chi connectivity index (χ0v) is 15.6. The van der Waals surface area contributed by atoms with Crippen molar-refractivity contribution in [1.82, 2.24) is 10.6 Å². The lowest BCUT2D eigenvalue weighted by atomic mass is 10.1. The van der Waals surface area contributed by atoms with Crippen molar-refractivity contribution in [2.24, 2.45) is 5.92 Å². The summed E-state index contributed by atoms with van der Waals surface area (Å²) >= 11 is 5.27. The second-order valence-electron chi connectivity index (χ2n) is 6.26. The highest BCUT2D eigenvalue weighted by Crippen LogP contribution is 2.18. The monoisotopic (exact) mass is 356 g/mol. The molecule has 4 nitrogen and oxygen atoms in total. The van der Waals surface area contributed by atoms with E-state index in [1.807, 2.05) is 43.3 Å². The fourth-order valence-electron chi connectivity index (χ4n) is 2.26. The van der Waals surface area contributed by atoms with E-state index in [9.17, 15) is 4.79 Å². The number of benzene rings is 2. The van der Waals surface area contributed by atoms with Gasteiger partial charge in [-0.05, 0) is 42.8 Å². The number of thiocarbonyl (C=S) groups is 1. The maximum atomic E-state index is 12.5. The van der Waals surface area contributed by atoms with Gasteiger partial charge in [0.15, 0.2) is 5.11 Å². The maximum Gasteiger partial charge on any atom is 0.261 e. The van der Waals surface area contributed by atoms with Crippen molar-refractivity contribution in [3.8, 4) is 5.75 Å². The molecule has 5 heteroatoms. The number of hydrogen-bond donors (Lipinski definition) is 2. The molecule has 0 aliphatic rings. The van der Waals surface area contributed by atoms with Crippen LogP contribution in [0.25, 0.3) is 0 Å². The number of amides is 1. The van der Waals surface area contributed by atoms with Gasteiger partial charge in [0.25, 0.3) is 5.91 Å². The predicted molar refractivity (Wildman–Crippen MR) is 105 cm³/mol. The summed E-state index contributed by atoms with van der Waals surface area (Å²) in [6.07, 6.45) is 0. The molecular weight excluding hydrogens is 332 g/mol. The average molecular weight is 356 g/mol. The number of nitrogens with one attached hydrogen (secondary N) is 2. The number of para-hydroxylation sites is 1. The molecule has 0 aliphatic carbocycles. The van der Waals surface area contributed by atoms with Gasteiger partial charge in [-0.2, -0.15) is 0 Å². The van der Waals surface area contributed by atoms with Crippen LogP contribution in [-0.2, 0) is 0 Å². The smallest absolute Gasteiger partial charge is 0.261 e. The van der Waals surface area contributed by atoms with Gasteiger partial charge in [-0.1, -0.05) is 56.3 Å². The van der Waals surface area contributed by atoms with Crippen molar-refractivity contribution in [1.29, 1.82) is 0 Å². The first-order valence-corrected chi connectivity index (χ1v) is 8.76. The Morgan fingerprint density at radius 2 is 1.68 bits per heavy atom. The van der Waals surface area contributed by atoms with Crippen LogP contribution < -0.4 is 15.4 Å². The van der Waals surface area contributed by atoms with Gasteiger partial charge in [0.05, 0.1) is 18.2 Å². The van der Waals surface area contributed by atoms with Crippen LogP contribution in [0.15, 0.2) is 54.6 Å². The zero-order chi connectivity index (χ0) is 18.2.